The normalized spacial score (nSPS) is 10.9. The van der Waals surface area contributed by atoms with Crippen LogP contribution in [0.15, 0.2) is 42.5 Å². The Balaban J connectivity index is 2.20. The molecule has 10 heteroatoms. The number of nitro benzene ring substituents is 1. The van der Waals surface area contributed by atoms with Crippen LogP contribution in [0, 0.1) is 10.1 Å². The van der Waals surface area contributed by atoms with E-state index in [9.17, 15) is 23.3 Å². The first-order chi connectivity index (χ1) is 11.7. The lowest BCUT2D eigenvalue weighted by molar-refractivity contribution is -0.385. The third kappa shape index (κ3) is 4.80. The molecule has 2 N–H and O–H groups in total. The van der Waals surface area contributed by atoms with Gasteiger partial charge in [-0.05, 0) is 42.5 Å². The van der Waals surface area contributed by atoms with Crippen molar-refractivity contribution in [3.05, 3.63) is 58.1 Å². The van der Waals surface area contributed by atoms with Crippen LogP contribution in [0.4, 0.5) is 30.2 Å². The summed E-state index contributed by atoms with van der Waals surface area (Å²) in [6.07, 6.45) is -4.77. The smallest absolute Gasteiger partial charge is 0.418 e. The van der Waals surface area contributed by atoms with Crippen molar-refractivity contribution < 1.29 is 22.8 Å². The van der Waals surface area contributed by atoms with Crippen molar-refractivity contribution in [1.29, 1.82) is 0 Å². The number of anilines is 2. The van der Waals surface area contributed by atoms with E-state index < -0.39 is 22.4 Å². The average Bonchev–Trinajstić information content (AvgIpc) is 2.54. The van der Waals surface area contributed by atoms with Gasteiger partial charge < -0.3 is 15.4 Å². The van der Waals surface area contributed by atoms with Gasteiger partial charge in [0.05, 0.1) is 23.3 Å². The Hall–Kier alpha value is -2.88. The van der Waals surface area contributed by atoms with Crippen LogP contribution < -0.4 is 15.4 Å². The van der Waals surface area contributed by atoms with Crippen LogP contribution in [0.3, 0.4) is 0 Å². The quantitative estimate of drug-likeness (QED) is 0.470. The second-order valence-corrected chi connectivity index (χ2v) is 5.20. The zero-order chi connectivity index (χ0) is 18.6. The van der Waals surface area contributed by atoms with Crippen molar-refractivity contribution in [2.75, 3.05) is 17.7 Å². The number of methoxy groups -OCH3 is 1. The van der Waals surface area contributed by atoms with Gasteiger partial charge in [-0.3, -0.25) is 10.1 Å². The zero-order valence-electron chi connectivity index (χ0n) is 12.8. The van der Waals surface area contributed by atoms with Gasteiger partial charge in [-0.15, -0.1) is 0 Å². The van der Waals surface area contributed by atoms with Crippen LogP contribution in [0.5, 0.6) is 5.75 Å². The SMILES string of the molecule is COc1ccc(NC(=S)Nc2ccc([N+](=O)[O-])cc2C(F)(F)F)cc1. The van der Waals surface area contributed by atoms with Crippen LogP contribution in [-0.2, 0) is 6.18 Å². The number of nitrogens with zero attached hydrogens (tertiary/aromatic N) is 1. The summed E-state index contributed by atoms with van der Waals surface area (Å²) in [5, 5.41) is 15.7. The van der Waals surface area contributed by atoms with E-state index in [4.69, 9.17) is 17.0 Å². The van der Waals surface area contributed by atoms with E-state index in [1.165, 1.54) is 7.11 Å². The van der Waals surface area contributed by atoms with Gasteiger partial charge in [0.2, 0.25) is 0 Å². The summed E-state index contributed by atoms with van der Waals surface area (Å²) in [5.41, 5.74) is -1.69. The van der Waals surface area contributed by atoms with E-state index >= 15 is 0 Å². The van der Waals surface area contributed by atoms with Gasteiger partial charge >= 0.3 is 6.18 Å². The molecule has 2 rings (SSSR count). The fourth-order valence-electron chi connectivity index (χ4n) is 1.95. The molecule has 0 aliphatic heterocycles. The molecule has 0 amide bonds. The summed E-state index contributed by atoms with van der Waals surface area (Å²) >= 11 is 4.99. The van der Waals surface area contributed by atoms with Gasteiger partial charge in [0.15, 0.2) is 5.11 Å². The number of hydrogen-bond donors (Lipinski definition) is 2. The van der Waals surface area contributed by atoms with Crippen molar-refractivity contribution in [3.63, 3.8) is 0 Å². The number of nitrogens with one attached hydrogen (secondary N) is 2. The van der Waals surface area contributed by atoms with E-state index in [1.807, 2.05) is 0 Å². The van der Waals surface area contributed by atoms with Gasteiger partial charge in [0.1, 0.15) is 5.75 Å². The first-order valence-electron chi connectivity index (χ1n) is 6.78. The molecular weight excluding hydrogens is 359 g/mol. The number of benzene rings is 2. The minimum Gasteiger partial charge on any atom is -0.497 e. The number of nitro groups is 1. The maximum atomic E-state index is 13.1. The standard InChI is InChI=1S/C15H12F3N3O3S/c1-24-11-5-2-9(3-6-11)19-14(25)20-13-7-4-10(21(22)23)8-12(13)15(16,17)18/h2-8H,1H3,(H2,19,20,25). The van der Waals surface area contributed by atoms with E-state index in [2.05, 4.69) is 10.6 Å². The Morgan fingerprint density at radius 3 is 2.32 bits per heavy atom. The Labute approximate surface area is 145 Å². The van der Waals surface area contributed by atoms with Crippen molar-refractivity contribution >= 4 is 34.4 Å². The number of halogens is 3. The molecule has 132 valence electrons. The summed E-state index contributed by atoms with van der Waals surface area (Å²) in [6.45, 7) is 0. The number of hydrogen-bond acceptors (Lipinski definition) is 4. The summed E-state index contributed by atoms with van der Waals surface area (Å²) in [6, 6.07) is 8.95. The molecule has 0 aliphatic carbocycles. The predicted octanol–water partition coefficient (Wildman–Crippen LogP) is 4.43. The van der Waals surface area contributed by atoms with Gasteiger partial charge in [-0.25, -0.2) is 0 Å². The van der Waals surface area contributed by atoms with E-state index in [1.54, 1.807) is 24.3 Å². The molecule has 0 atom stereocenters. The molecule has 0 spiro atoms. The van der Waals surface area contributed by atoms with Crippen molar-refractivity contribution in [2.45, 2.75) is 6.18 Å². The number of ether oxygens (including phenoxy) is 1. The van der Waals surface area contributed by atoms with Gasteiger partial charge in [0, 0.05) is 17.8 Å². The van der Waals surface area contributed by atoms with Crippen LogP contribution in [0.2, 0.25) is 0 Å². The zero-order valence-corrected chi connectivity index (χ0v) is 13.6. The molecule has 0 saturated heterocycles. The minimum absolute atomic E-state index is 0.0930. The second kappa shape index (κ2) is 7.34. The molecule has 0 heterocycles. The molecule has 0 aliphatic rings. The predicted molar refractivity (Wildman–Crippen MR) is 90.9 cm³/mol. The highest BCUT2D eigenvalue weighted by Gasteiger charge is 2.35. The Morgan fingerprint density at radius 2 is 1.80 bits per heavy atom. The van der Waals surface area contributed by atoms with Crippen molar-refractivity contribution in [2.24, 2.45) is 0 Å². The summed E-state index contributed by atoms with van der Waals surface area (Å²) < 4.78 is 44.3. The molecule has 2 aromatic carbocycles. The molecule has 25 heavy (non-hydrogen) atoms. The van der Waals surface area contributed by atoms with E-state index in [-0.39, 0.29) is 10.8 Å². The van der Waals surface area contributed by atoms with Crippen molar-refractivity contribution in [1.82, 2.24) is 0 Å². The van der Waals surface area contributed by atoms with Gasteiger partial charge in [-0.2, -0.15) is 13.2 Å². The number of rotatable bonds is 4. The monoisotopic (exact) mass is 371 g/mol. The first-order valence-corrected chi connectivity index (χ1v) is 7.19. The summed E-state index contributed by atoms with van der Waals surface area (Å²) in [7, 11) is 1.50. The Morgan fingerprint density at radius 1 is 1.16 bits per heavy atom. The molecule has 6 nitrogen and oxygen atoms in total. The van der Waals surface area contributed by atoms with Crippen LogP contribution in [0.1, 0.15) is 5.56 Å². The largest absolute Gasteiger partial charge is 0.497 e. The van der Waals surface area contributed by atoms with Gasteiger partial charge in [-0.1, -0.05) is 0 Å². The number of thiocarbonyl (C=S) groups is 1. The average molecular weight is 371 g/mol. The highest BCUT2D eigenvalue weighted by Crippen LogP contribution is 2.37. The fourth-order valence-corrected chi connectivity index (χ4v) is 2.18. The second-order valence-electron chi connectivity index (χ2n) is 4.79. The minimum atomic E-state index is -4.77. The first kappa shape index (κ1) is 18.5. The third-order valence-electron chi connectivity index (χ3n) is 3.12. The van der Waals surface area contributed by atoms with Crippen molar-refractivity contribution in [3.8, 4) is 5.75 Å². The lowest BCUT2D eigenvalue weighted by Gasteiger charge is -2.16. The highest BCUT2D eigenvalue weighted by atomic mass is 32.1. The molecule has 0 saturated carbocycles. The Bertz CT molecular complexity index is 795. The molecule has 2 aromatic rings. The molecule has 0 bridgehead atoms. The molecule has 0 fully saturated rings. The van der Waals surface area contributed by atoms with Gasteiger partial charge in [0.25, 0.3) is 5.69 Å². The topological polar surface area (TPSA) is 76.4 Å². The molecular formula is C15H12F3N3O3S. The van der Waals surface area contributed by atoms with Crippen LogP contribution in [-0.4, -0.2) is 17.1 Å². The molecule has 0 aromatic heterocycles. The summed E-state index contributed by atoms with van der Waals surface area (Å²) in [4.78, 5) is 9.78. The summed E-state index contributed by atoms with van der Waals surface area (Å²) in [5.74, 6) is 0.610. The van der Waals surface area contributed by atoms with Crippen LogP contribution >= 0.6 is 12.2 Å². The maximum Gasteiger partial charge on any atom is 0.418 e. The number of alkyl halides is 3. The fraction of sp³-hybridized carbons (Fsp3) is 0.133. The lowest BCUT2D eigenvalue weighted by atomic mass is 10.1. The highest BCUT2D eigenvalue weighted by molar-refractivity contribution is 7.80. The third-order valence-corrected chi connectivity index (χ3v) is 3.32. The Kier molecular flexibility index (Phi) is 5.42. The molecule has 0 unspecified atom stereocenters. The van der Waals surface area contributed by atoms with Crippen LogP contribution in [0.25, 0.3) is 0 Å². The van der Waals surface area contributed by atoms with E-state index in [0.717, 1.165) is 12.1 Å². The number of non-ortho nitro benzene ring substituents is 1. The van der Waals surface area contributed by atoms with E-state index in [0.29, 0.717) is 17.5 Å². The lowest BCUT2D eigenvalue weighted by Crippen LogP contribution is -2.21. The molecule has 0 radical (unpaired) electrons. The maximum absolute atomic E-state index is 13.1.